The van der Waals surface area contributed by atoms with Crippen LogP contribution in [0.1, 0.15) is 294 Å². The number of rotatable bonds is 48. The van der Waals surface area contributed by atoms with Crippen LogP contribution in [0.2, 0.25) is 0 Å². The highest BCUT2D eigenvalue weighted by Gasteiger charge is 2.17. The minimum absolute atomic E-state index is 0.513. The van der Waals surface area contributed by atoms with Crippen molar-refractivity contribution in [3.8, 4) is 11.8 Å². The van der Waals surface area contributed by atoms with E-state index in [1.165, 1.54) is 257 Å². The van der Waals surface area contributed by atoms with Crippen LogP contribution in [0.4, 0.5) is 0 Å². The van der Waals surface area contributed by atoms with Crippen LogP contribution in [0.5, 0.6) is 11.8 Å². The molecule has 0 saturated heterocycles. The van der Waals surface area contributed by atoms with Crippen molar-refractivity contribution in [3.63, 3.8) is 0 Å². The predicted molar refractivity (Wildman–Crippen MR) is 318 cm³/mol. The van der Waals surface area contributed by atoms with Crippen molar-refractivity contribution in [2.24, 2.45) is 11.8 Å². The summed E-state index contributed by atoms with van der Waals surface area (Å²) in [7, 11) is 0. The number of halogens is 2. The van der Waals surface area contributed by atoms with Gasteiger partial charge in [0.05, 0.1) is 20.8 Å². The minimum atomic E-state index is 0.513. The Hall–Kier alpha value is -1.22. The van der Waals surface area contributed by atoms with Crippen molar-refractivity contribution in [1.29, 1.82) is 0 Å². The predicted octanol–water partition coefficient (Wildman–Crippen LogP) is 21.5. The Morgan fingerprint density at radius 2 is 0.614 bits per heavy atom. The molecule has 3 aromatic rings. The summed E-state index contributed by atoms with van der Waals surface area (Å²) in [5, 5.41) is 1.54. The minimum Gasteiger partial charge on any atom is -0.476 e. The molecule has 0 bridgehead atoms. The highest BCUT2D eigenvalue weighted by molar-refractivity contribution is 9.11. The average molecular weight is 1130 g/mol. The van der Waals surface area contributed by atoms with Gasteiger partial charge >= 0.3 is 0 Å². The normalized spacial score (nSPS) is 13.2. The molecule has 2 unspecified atom stereocenters. The molecule has 0 amide bonds. The van der Waals surface area contributed by atoms with E-state index in [9.17, 15) is 0 Å². The zero-order valence-electron chi connectivity index (χ0n) is 45.6. The third kappa shape index (κ3) is 32.2. The van der Waals surface area contributed by atoms with Gasteiger partial charge in [0.1, 0.15) is 10.7 Å². The van der Waals surface area contributed by atoms with E-state index in [1.807, 2.05) is 0 Å². The molecule has 0 aliphatic heterocycles. The van der Waals surface area contributed by atoms with E-state index in [2.05, 4.69) is 96.0 Å². The molecule has 0 spiro atoms. The van der Waals surface area contributed by atoms with Gasteiger partial charge in [0.15, 0.2) is 0 Å². The lowest BCUT2D eigenvalue weighted by Gasteiger charge is -2.19. The molecule has 0 N–H and O–H groups in total. The lowest BCUT2D eigenvalue weighted by molar-refractivity contribution is 0.203. The Bertz CT molecular complexity index is 1650. The van der Waals surface area contributed by atoms with Crippen LogP contribution < -0.4 is 20.2 Å². The van der Waals surface area contributed by atoms with Crippen molar-refractivity contribution >= 4 is 66.7 Å². The second-order valence-electron chi connectivity index (χ2n) is 21.0. The summed E-state index contributed by atoms with van der Waals surface area (Å²) >= 11 is 10.9. The summed E-state index contributed by atoms with van der Waals surface area (Å²) in [5.74, 6) is 2.28. The zero-order valence-corrected chi connectivity index (χ0v) is 50.4. The highest BCUT2D eigenvalue weighted by Crippen LogP contribution is 2.26. The molecule has 3 rings (SSSR count). The molecule has 0 saturated carbocycles. The molecule has 0 aliphatic rings. The van der Waals surface area contributed by atoms with Crippen molar-refractivity contribution < 1.29 is 9.47 Å². The number of ether oxygens (including phenoxy) is 2. The summed E-state index contributed by atoms with van der Waals surface area (Å²) < 4.78 is 16.1. The maximum Gasteiger partial charge on any atom is 0.240 e. The van der Waals surface area contributed by atoms with Crippen LogP contribution in [0, 0.1) is 11.8 Å². The fourth-order valence-corrected chi connectivity index (χ4v) is 12.6. The summed E-state index contributed by atoms with van der Waals surface area (Å²) in [6.07, 6.45) is 58.2. The van der Waals surface area contributed by atoms with Crippen LogP contribution in [0.25, 0.3) is 12.2 Å². The summed E-state index contributed by atoms with van der Waals surface area (Å²) in [6.45, 7) is 10.6. The Balaban J connectivity index is 1.82. The quantitative estimate of drug-likeness (QED) is 0.0529. The van der Waals surface area contributed by atoms with Gasteiger partial charge in [-0.2, -0.15) is 0 Å². The van der Waals surface area contributed by atoms with Crippen molar-refractivity contribution in [1.82, 2.24) is 9.97 Å². The number of hydrogen-bond acceptors (Lipinski definition) is 6. The van der Waals surface area contributed by atoms with Gasteiger partial charge in [0.2, 0.25) is 11.8 Å². The van der Waals surface area contributed by atoms with Crippen LogP contribution in [-0.4, -0.2) is 23.2 Å². The summed E-state index contributed by atoms with van der Waals surface area (Å²) in [5.41, 5.74) is 0. The molecule has 3 heterocycles. The maximum atomic E-state index is 6.94. The molecule has 2 atom stereocenters. The Kier molecular flexibility index (Phi) is 39.7. The molecule has 0 radical (unpaired) electrons. The topological polar surface area (TPSA) is 44.2 Å². The van der Waals surface area contributed by atoms with Gasteiger partial charge in [-0.25, -0.2) is 9.97 Å². The largest absolute Gasteiger partial charge is 0.476 e. The summed E-state index contributed by atoms with van der Waals surface area (Å²) in [6, 6.07) is 8.56. The molecule has 400 valence electrons. The molecule has 70 heavy (non-hydrogen) atoms. The molecule has 8 heteroatoms. The Morgan fingerprint density at radius 1 is 0.371 bits per heavy atom. The first-order valence-corrected chi connectivity index (χ1v) is 33.0. The Labute approximate surface area is 456 Å². The van der Waals surface area contributed by atoms with Crippen LogP contribution in [-0.2, 0) is 0 Å². The van der Waals surface area contributed by atoms with Crippen molar-refractivity contribution in [3.05, 3.63) is 52.3 Å². The standard InChI is InChI=1S/C62H104Br2N2O2S2/c1-5-9-13-17-21-25-27-31-35-39-43-53(41-37-33-29-23-19-15-11-7-3)51-67-61-57(49-55-45-47-59(63)69-55)66-62(58(65-61)50-56-46-48-60(64)70-56)68-52-54(42-38-34-30-24-20-16-12-8-4)44-40-36-32-28-26-22-18-14-10-6-2/h45-50,53-54H,5-44,51-52H2,1-4H3/b57-49-,58-50-. The van der Waals surface area contributed by atoms with Crippen LogP contribution in [0.3, 0.4) is 0 Å². The van der Waals surface area contributed by atoms with E-state index < -0.39 is 0 Å². The third-order valence-electron chi connectivity index (χ3n) is 14.4. The molecule has 0 aliphatic carbocycles. The Morgan fingerprint density at radius 3 is 0.843 bits per heavy atom. The van der Waals surface area contributed by atoms with E-state index in [0.29, 0.717) is 36.8 Å². The third-order valence-corrected chi connectivity index (χ3v) is 17.5. The molecular weight excluding hydrogens is 1030 g/mol. The van der Waals surface area contributed by atoms with E-state index >= 15 is 0 Å². The van der Waals surface area contributed by atoms with Crippen molar-refractivity contribution in [2.75, 3.05) is 13.2 Å². The maximum absolute atomic E-state index is 6.94. The molecule has 4 nitrogen and oxygen atoms in total. The zero-order chi connectivity index (χ0) is 50.0. The smallest absolute Gasteiger partial charge is 0.240 e. The number of aromatic nitrogens is 2. The van der Waals surface area contributed by atoms with E-state index in [-0.39, 0.29) is 0 Å². The number of nitrogens with zero attached hydrogens (tertiary/aromatic N) is 2. The van der Waals surface area contributed by atoms with E-state index in [4.69, 9.17) is 19.4 Å². The summed E-state index contributed by atoms with van der Waals surface area (Å²) in [4.78, 5) is 13.0. The highest BCUT2D eigenvalue weighted by atomic mass is 79.9. The van der Waals surface area contributed by atoms with Gasteiger partial charge in [0, 0.05) is 9.75 Å². The van der Waals surface area contributed by atoms with Gasteiger partial charge in [0.25, 0.3) is 0 Å². The van der Waals surface area contributed by atoms with E-state index in [0.717, 1.165) is 28.0 Å². The van der Waals surface area contributed by atoms with Gasteiger partial charge in [-0.05, 0) is 106 Å². The molecule has 0 aromatic carbocycles. The van der Waals surface area contributed by atoms with Gasteiger partial charge < -0.3 is 9.47 Å². The number of thiophene rings is 2. The van der Waals surface area contributed by atoms with Crippen LogP contribution in [0.15, 0.2) is 31.8 Å². The first-order valence-electron chi connectivity index (χ1n) is 29.8. The van der Waals surface area contributed by atoms with E-state index in [1.54, 1.807) is 22.7 Å². The van der Waals surface area contributed by atoms with Crippen molar-refractivity contribution in [2.45, 2.75) is 285 Å². The SMILES string of the molecule is CCCCCCCCCCCCC(CCCCCCCCCC)COc1n/c(=C\c2ccc(Br)s2)c(OCC(CCCCCCCCCC)CCCCCCCCCCCC)n/c1=C\c1ccc(Br)s1. The average Bonchev–Trinajstić information content (AvgIpc) is 3.98. The monoisotopic (exact) mass is 1130 g/mol. The van der Waals surface area contributed by atoms with Crippen LogP contribution >= 0.6 is 54.5 Å². The fraction of sp³-hybridized carbons (Fsp3) is 0.774. The van der Waals surface area contributed by atoms with Gasteiger partial charge in [-0.3, -0.25) is 0 Å². The lowest BCUT2D eigenvalue weighted by Crippen LogP contribution is -2.28. The molecular formula is C62H104Br2N2O2S2. The fourth-order valence-electron chi connectivity index (χ4n) is 9.90. The first-order chi connectivity index (χ1) is 34.4. The lowest BCUT2D eigenvalue weighted by atomic mass is 9.94. The second kappa shape index (κ2) is 44.1. The van der Waals surface area contributed by atoms with Gasteiger partial charge in [-0.15, -0.1) is 22.7 Å². The molecule has 0 fully saturated rings. The molecule has 3 aromatic heterocycles. The first kappa shape index (κ1) is 63.1. The second-order valence-corrected chi connectivity index (χ2v) is 26.0. The number of hydrogen-bond donors (Lipinski definition) is 0. The number of unbranched alkanes of at least 4 members (excludes halogenated alkanes) is 32. The van der Waals surface area contributed by atoms with Gasteiger partial charge in [-0.1, -0.05) is 259 Å².